The Kier molecular flexibility index (Phi) is 4.04. The summed E-state index contributed by atoms with van der Waals surface area (Å²) in [6.07, 6.45) is 0. The van der Waals surface area contributed by atoms with E-state index >= 15 is 0 Å². The van der Waals surface area contributed by atoms with E-state index in [2.05, 4.69) is 28.9 Å². The van der Waals surface area contributed by atoms with E-state index in [0.29, 0.717) is 5.75 Å². The topological polar surface area (TPSA) is 29.5 Å². The predicted octanol–water partition coefficient (Wildman–Crippen LogP) is 4.35. The van der Waals surface area contributed by atoms with Gasteiger partial charge in [0, 0.05) is 10.0 Å². The van der Waals surface area contributed by atoms with Gasteiger partial charge < -0.3 is 9.84 Å². The summed E-state index contributed by atoms with van der Waals surface area (Å²) in [5.74, 6) is 1.49. The van der Waals surface area contributed by atoms with Crippen molar-refractivity contribution in [2.45, 2.75) is 20.5 Å². The van der Waals surface area contributed by atoms with Gasteiger partial charge in [0.1, 0.15) is 11.5 Å². The largest absolute Gasteiger partial charge is 0.457 e. The minimum absolute atomic E-state index is 0.0342. The third kappa shape index (κ3) is 2.92. The molecule has 0 heterocycles. The van der Waals surface area contributed by atoms with Crippen LogP contribution in [0.5, 0.6) is 11.5 Å². The number of benzene rings is 2. The summed E-state index contributed by atoms with van der Waals surface area (Å²) < 4.78 is 6.81. The van der Waals surface area contributed by atoms with Crippen LogP contribution in [-0.4, -0.2) is 5.11 Å². The Morgan fingerprint density at radius 2 is 1.83 bits per heavy atom. The lowest BCUT2D eigenvalue weighted by Gasteiger charge is -2.12. The van der Waals surface area contributed by atoms with Gasteiger partial charge in [-0.25, -0.2) is 0 Å². The summed E-state index contributed by atoms with van der Waals surface area (Å²) >= 11 is 3.41. The van der Waals surface area contributed by atoms with E-state index in [-0.39, 0.29) is 6.61 Å². The van der Waals surface area contributed by atoms with Crippen LogP contribution in [0.3, 0.4) is 0 Å². The minimum Gasteiger partial charge on any atom is -0.457 e. The van der Waals surface area contributed by atoms with Crippen molar-refractivity contribution in [3.63, 3.8) is 0 Å². The average molecular weight is 307 g/mol. The molecule has 2 aromatic carbocycles. The minimum atomic E-state index is -0.0342. The van der Waals surface area contributed by atoms with Crippen molar-refractivity contribution in [1.29, 1.82) is 0 Å². The van der Waals surface area contributed by atoms with Gasteiger partial charge in [-0.1, -0.05) is 39.7 Å². The first-order chi connectivity index (χ1) is 8.60. The van der Waals surface area contributed by atoms with Crippen LogP contribution < -0.4 is 4.74 Å². The van der Waals surface area contributed by atoms with Crippen LogP contribution >= 0.6 is 15.9 Å². The van der Waals surface area contributed by atoms with Gasteiger partial charge in [-0.2, -0.15) is 0 Å². The summed E-state index contributed by atoms with van der Waals surface area (Å²) in [5.41, 5.74) is 3.06. The van der Waals surface area contributed by atoms with Crippen molar-refractivity contribution in [2.24, 2.45) is 0 Å². The number of hydrogen-bond donors (Lipinski definition) is 1. The maximum atomic E-state index is 9.31. The lowest BCUT2D eigenvalue weighted by molar-refractivity contribution is 0.276. The van der Waals surface area contributed by atoms with Gasteiger partial charge in [0.15, 0.2) is 0 Å². The SMILES string of the molecule is Cc1ccc(Oc2cc(Br)ccc2CO)c(C)c1. The summed E-state index contributed by atoms with van der Waals surface area (Å²) in [7, 11) is 0. The van der Waals surface area contributed by atoms with E-state index in [0.717, 1.165) is 21.3 Å². The molecular weight excluding hydrogens is 292 g/mol. The molecule has 2 nitrogen and oxygen atoms in total. The molecule has 0 saturated heterocycles. The number of ether oxygens (including phenoxy) is 1. The highest BCUT2D eigenvalue weighted by atomic mass is 79.9. The zero-order chi connectivity index (χ0) is 13.1. The molecule has 0 aliphatic carbocycles. The van der Waals surface area contributed by atoms with Crippen LogP contribution in [0.2, 0.25) is 0 Å². The van der Waals surface area contributed by atoms with Crippen molar-refractivity contribution < 1.29 is 9.84 Å². The Morgan fingerprint density at radius 1 is 1.06 bits per heavy atom. The smallest absolute Gasteiger partial charge is 0.134 e. The van der Waals surface area contributed by atoms with Crippen LogP contribution in [-0.2, 0) is 6.61 Å². The first-order valence-corrected chi connectivity index (χ1v) is 6.54. The van der Waals surface area contributed by atoms with Gasteiger partial charge in [-0.3, -0.25) is 0 Å². The molecule has 3 heteroatoms. The lowest BCUT2D eigenvalue weighted by atomic mass is 10.1. The molecule has 94 valence electrons. The number of aliphatic hydroxyl groups excluding tert-OH is 1. The molecule has 0 atom stereocenters. The third-order valence-electron chi connectivity index (χ3n) is 2.75. The molecule has 0 saturated carbocycles. The average Bonchev–Trinajstić information content (AvgIpc) is 2.33. The molecular formula is C15H15BrO2. The Balaban J connectivity index is 2.36. The Hall–Kier alpha value is -1.32. The molecule has 2 aromatic rings. The fraction of sp³-hybridized carbons (Fsp3) is 0.200. The molecule has 18 heavy (non-hydrogen) atoms. The molecule has 2 rings (SSSR count). The van der Waals surface area contributed by atoms with Gasteiger partial charge in [-0.15, -0.1) is 0 Å². The Morgan fingerprint density at radius 3 is 2.50 bits per heavy atom. The number of aliphatic hydroxyl groups is 1. The number of rotatable bonds is 3. The zero-order valence-corrected chi connectivity index (χ0v) is 12.0. The second kappa shape index (κ2) is 5.55. The van der Waals surface area contributed by atoms with Crippen LogP contribution in [0.15, 0.2) is 40.9 Å². The van der Waals surface area contributed by atoms with E-state index in [1.54, 1.807) is 0 Å². The van der Waals surface area contributed by atoms with Gasteiger partial charge in [0.25, 0.3) is 0 Å². The van der Waals surface area contributed by atoms with E-state index in [1.165, 1.54) is 5.56 Å². The zero-order valence-electron chi connectivity index (χ0n) is 10.4. The quantitative estimate of drug-likeness (QED) is 0.913. The standard InChI is InChI=1S/C15H15BrO2/c1-10-3-6-14(11(2)7-10)18-15-8-13(16)5-4-12(15)9-17/h3-8,17H,9H2,1-2H3. The van der Waals surface area contributed by atoms with Gasteiger partial charge >= 0.3 is 0 Å². The Bertz CT molecular complexity index is 564. The molecule has 1 N–H and O–H groups in total. The monoisotopic (exact) mass is 306 g/mol. The second-order valence-electron chi connectivity index (χ2n) is 4.28. The highest BCUT2D eigenvalue weighted by molar-refractivity contribution is 9.10. The summed E-state index contributed by atoms with van der Waals surface area (Å²) in [4.78, 5) is 0. The van der Waals surface area contributed by atoms with E-state index in [4.69, 9.17) is 4.74 Å². The highest BCUT2D eigenvalue weighted by Crippen LogP contribution is 2.30. The number of halogens is 1. The van der Waals surface area contributed by atoms with Gasteiger partial charge in [-0.05, 0) is 37.6 Å². The molecule has 0 fully saturated rings. The first-order valence-electron chi connectivity index (χ1n) is 5.74. The lowest BCUT2D eigenvalue weighted by Crippen LogP contribution is -1.93. The highest BCUT2D eigenvalue weighted by Gasteiger charge is 2.07. The van der Waals surface area contributed by atoms with Crippen LogP contribution in [0.1, 0.15) is 16.7 Å². The predicted molar refractivity (Wildman–Crippen MR) is 76.1 cm³/mol. The van der Waals surface area contributed by atoms with Crippen molar-refractivity contribution in [3.8, 4) is 11.5 Å². The summed E-state index contributed by atoms with van der Waals surface area (Å²) in [6.45, 7) is 4.03. The van der Waals surface area contributed by atoms with E-state index in [1.807, 2.05) is 37.3 Å². The number of aryl methyl sites for hydroxylation is 2. The molecule has 0 spiro atoms. The Labute approximate surface area is 115 Å². The van der Waals surface area contributed by atoms with Crippen molar-refractivity contribution >= 4 is 15.9 Å². The second-order valence-corrected chi connectivity index (χ2v) is 5.20. The third-order valence-corrected chi connectivity index (χ3v) is 3.24. The normalized spacial score (nSPS) is 10.4. The maximum Gasteiger partial charge on any atom is 0.134 e. The van der Waals surface area contributed by atoms with Crippen LogP contribution in [0.4, 0.5) is 0 Å². The summed E-state index contributed by atoms with van der Waals surface area (Å²) in [5, 5.41) is 9.31. The molecule has 0 aromatic heterocycles. The number of hydrogen-bond acceptors (Lipinski definition) is 2. The maximum absolute atomic E-state index is 9.31. The molecule has 0 bridgehead atoms. The van der Waals surface area contributed by atoms with E-state index in [9.17, 15) is 5.11 Å². The summed E-state index contributed by atoms with van der Waals surface area (Å²) in [6, 6.07) is 11.6. The first kappa shape index (κ1) is 13.1. The van der Waals surface area contributed by atoms with Gasteiger partial charge in [0.2, 0.25) is 0 Å². The van der Waals surface area contributed by atoms with Crippen molar-refractivity contribution in [1.82, 2.24) is 0 Å². The molecule has 0 unspecified atom stereocenters. The van der Waals surface area contributed by atoms with Gasteiger partial charge in [0.05, 0.1) is 6.61 Å². The fourth-order valence-corrected chi connectivity index (χ4v) is 2.13. The van der Waals surface area contributed by atoms with Crippen LogP contribution in [0.25, 0.3) is 0 Å². The van der Waals surface area contributed by atoms with E-state index < -0.39 is 0 Å². The fourth-order valence-electron chi connectivity index (χ4n) is 1.79. The van der Waals surface area contributed by atoms with Crippen molar-refractivity contribution in [2.75, 3.05) is 0 Å². The molecule has 0 radical (unpaired) electrons. The molecule has 0 aliphatic heterocycles. The molecule has 0 amide bonds. The molecule has 0 aliphatic rings. The van der Waals surface area contributed by atoms with Crippen LogP contribution in [0, 0.1) is 13.8 Å². The van der Waals surface area contributed by atoms with Crippen molar-refractivity contribution in [3.05, 3.63) is 57.6 Å².